The van der Waals surface area contributed by atoms with E-state index in [9.17, 15) is 14.7 Å². The summed E-state index contributed by atoms with van der Waals surface area (Å²) in [6.07, 6.45) is 0. The SMILES string of the molecule is O=C(CNC(=O)c1ccccc1Br)N=Nc1c(O)n(Cc2ccc3c(c2)OCO3)c2ccccc12. The average Bonchev–Trinajstić information content (AvgIpc) is 3.44. The first-order valence-corrected chi connectivity index (χ1v) is 11.5. The van der Waals surface area contributed by atoms with E-state index in [1.807, 2.05) is 36.4 Å². The average molecular weight is 535 g/mol. The fraction of sp³-hybridized carbons (Fsp3) is 0.120. The minimum absolute atomic E-state index is 0.127. The molecule has 176 valence electrons. The van der Waals surface area contributed by atoms with Gasteiger partial charge in [0.15, 0.2) is 17.2 Å². The number of carbonyl (C=O) groups is 2. The van der Waals surface area contributed by atoms with Crippen molar-refractivity contribution >= 4 is 44.3 Å². The highest BCUT2D eigenvalue weighted by molar-refractivity contribution is 9.10. The Morgan fingerprint density at radius 1 is 1.03 bits per heavy atom. The Morgan fingerprint density at radius 3 is 2.66 bits per heavy atom. The van der Waals surface area contributed by atoms with E-state index in [4.69, 9.17) is 9.47 Å². The number of hydrogen-bond acceptors (Lipinski definition) is 6. The second-order valence-electron chi connectivity index (χ2n) is 7.72. The van der Waals surface area contributed by atoms with Crippen molar-refractivity contribution in [1.82, 2.24) is 9.88 Å². The summed E-state index contributed by atoms with van der Waals surface area (Å²) in [5.41, 5.74) is 2.19. The lowest BCUT2D eigenvalue weighted by Crippen LogP contribution is -2.28. The molecule has 2 heterocycles. The molecule has 1 aliphatic heterocycles. The Labute approximate surface area is 208 Å². The van der Waals surface area contributed by atoms with Crippen LogP contribution in [0.1, 0.15) is 15.9 Å². The fourth-order valence-electron chi connectivity index (χ4n) is 3.79. The quantitative estimate of drug-likeness (QED) is 0.340. The number of benzene rings is 3. The number of para-hydroxylation sites is 1. The molecule has 3 aromatic carbocycles. The Bertz CT molecular complexity index is 1480. The summed E-state index contributed by atoms with van der Waals surface area (Å²) in [5.74, 6) is 0.128. The molecule has 1 aliphatic rings. The van der Waals surface area contributed by atoms with Crippen molar-refractivity contribution in [2.24, 2.45) is 10.2 Å². The van der Waals surface area contributed by atoms with Crippen LogP contribution in [0, 0.1) is 0 Å². The van der Waals surface area contributed by atoms with Crippen LogP contribution in [0.4, 0.5) is 5.69 Å². The second kappa shape index (κ2) is 9.59. The van der Waals surface area contributed by atoms with E-state index in [1.165, 1.54) is 0 Å². The molecule has 0 bridgehead atoms. The predicted molar refractivity (Wildman–Crippen MR) is 131 cm³/mol. The normalized spacial score (nSPS) is 12.4. The van der Waals surface area contributed by atoms with Crippen LogP contribution in [-0.2, 0) is 11.3 Å². The maximum Gasteiger partial charge on any atom is 0.283 e. The maximum atomic E-state index is 12.3. The van der Waals surface area contributed by atoms with Gasteiger partial charge in [-0.1, -0.05) is 36.4 Å². The zero-order valence-corrected chi connectivity index (χ0v) is 19.9. The number of aromatic nitrogens is 1. The minimum Gasteiger partial charge on any atom is -0.493 e. The van der Waals surface area contributed by atoms with Gasteiger partial charge >= 0.3 is 0 Å². The molecule has 2 N–H and O–H groups in total. The van der Waals surface area contributed by atoms with Gasteiger partial charge in [-0.25, -0.2) is 0 Å². The van der Waals surface area contributed by atoms with Gasteiger partial charge in [-0.05, 0) is 51.8 Å². The molecule has 10 heteroatoms. The number of ether oxygens (including phenoxy) is 2. The minimum atomic E-state index is -0.655. The topological polar surface area (TPSA) is 115 Å². The predicted octanol–water partition coefficient (Wildman–Crippen LogP) is 4.93. The summed E-state index contributed by atoms with van der Waals surface area (Å²) >= 11 is 3.31. The maximum absolute atomic E-state index is 12.3. The molecular weight excluding hydrogens is 516 g/mol. The van der Waals surface area contributed by atoms with Crippen molar-refractivity contribution < 1.29 is 24.2 Å². The Morgan fingerprint density at radius 2 is 1.80 bits per heavy atom. The van der Waals surface area contributed by atoms with E-state index < -0.39 is 11.8 Å². The number of hydrogen-bond donors (Lipinski definition) is 2. The van der Waals surface area contributed by atoms with Crippen molar-refractivity contribution in [2.75, 3.05) is 13.3 Å². The third-order valence-electron chi connectivity index (χ3n) is 5.48. The molecule has 0 fully saturated rings. The lowest BCUT2D eigenvalue weighted by Gasteiger charge is -2.08. The van der Waals surface area contributed by atoms with E-state index in [-0.39, 0.29) is 24.9 Å². The highest BCUT2D eigenvalue weighted by Gasteiger charge is 2.19. The first-order valence-electron chi connectivity index (χ1n) is 10.7. The zero-order valence-electron chi connectivity index (χ0n) is 18.3. The summed E-state index contributed by atoms with van der Waals surface area (Å²) < 4.78 is 13.1. The van der Waals surface area contributed by atoms with Crippen LogP contribution in [-0.4, -0.2) is 34.8 Å². The summed E-state index contributed by atoms with van der Waals surface area (Å²) in [7, 11) is 0. The summed E-state index contributed by atoms with van der Waals surface area (Å²) in [6, 6.07) is 19.7. The molecule has 0 aliphatic carbocycles. The second-order valence-corrected chi connectivity index (χ2v) is 8.57. The van der Waals surface area contributed by atoms with Gasteiger partial charge in [-0.15, -0.1) is 10.2 Å². The van der Waals surface area contributed by atoms with Crippen LogP contribution in [0.25, 0.3) is 10.9 Å². The van der Waals surface area contributed by atoms with E-state index in [2.05, 4.69) is 31.5 Å². The smallest absolute Gasteiger partial charge is 0.283 e. The van der Waals surface area contributed by atoms with E-state index in [0.29, 0.717) is 33.5 Å². The zero-order chi connectivity index (χ0) is 24.4. The molecule has 9 nitrogen and oxygen atoms in total. The molecule has 2 amide bonds. The molecule has 4 aromatic rings. The first-order chi connectivity index (χ1) is 17.0. The van der Waals surface area contributed by atoms with Crippen LogP contribution in [0.3, 0.4) is 0 Å². The number of fused-ring (bicyclic) bond motifs is 2. The summed E-state index contributed by atoms with van der Waals surface area (Å²) in [5, 5.41) is 21.8. The molecule has 0 saturated heterocycles. The number of nitrogens with zero attached hydrogens (tertiary/aromatic N) is 3. The van der Waals surface area contributed by atoms with Crippen LogP contribution in [0.5, 0.6) is 17.4 Å². The van der Waals surface area contributed by atoms with Crippen molar-refractivity contribution in [3.63, 3.8) is 0 Å². The first kappa shape index (κ1) is 22.6. The van der Waals surface area contributed by atoms with Crippen LogP contribution in [0.2, 0.25) is 0 Å². The van der Waals surface area contributed by atoms with Gasteiger partial charge in [0.1, 0.15) is 6.54 Å². The molecule has 0 spiro atoms. The molecule has 1 aromatic heterocycles. The van der Waals surface area contributed by atoms with Crippen LogP contribution >= 0.6 is 15.9 Å². The van der Waals surface area contributed by atoms with Gasteiger partial charge in [0.2, 0.25) is 12.7 Å². The molecule has 5 rings (SSSR count). The van der Waals surface area contributed by atoms with E-state index >= 15 is 0 Å². The van der Waals surface area contributed by atoms with Crippen molar-refractivity contribution in [1.29, 1.82) is 0 Å². The highest BCUT2D eigenvalue weighted by Crippen LogP contribution is 2.40. The number of aromatic hydroxyl groups is 1. The van der Waals surface area contributed by atoms with Crippen molar-refractivity contribution in [3.8, 4) is 17.4 Å². The molecule has 35 heavy (non-hydrogen) atoms. The molecule has 0 saturated carbocycles. The van der Waals surface area contributed by atoms with Crippen molar-refractivity contribution in [2.45, 2.75) is 6.54 Å². The fourth-order valence-corrected chi connectivity index (χ4v) is 4.25. The lowest BCUT2D eigenvalue weighted by molar-refractivity contribution is -0.117. The third kappa shape index (κ3) is 4.60. The van der Waals surface area contributed by atoms with E-state index in [0.717, 1.165) is 11.1 Å². The largest absolute Gasteiger partial charge is 0.493 e. The Balaban J connectivity index is 1.35. The Kier molecular flexibility index (Phi) is 6.19. The molecule has 0 radical (unpaired) electrons. The van der Waals surface area contributed by atoms with Gasteiger partial charge in [-0.2, -0.15) is 0 Å². The number of nitrogens with one attached hydrogen (secondary N) is 1. The third-order valence-corrected chi connectivity index (χ3v) is 6.17. The van der Waals surface area contributed by atoms with Gasteiger partial charge < -0.3 is 24.5 Å². The summed E-state index contributed by atoms with van der Waals surface area (Å²) in [6.45, 7) is 0.187. The number of amides is 2. The monoisotopic (exact) mass is 534 g/mol. The number of azo groups is 1. The summed E-state index contributed by atoms with van der Waals surface area (Å²) in [4.78, 5) is 24.6. The van der Waals surface area contributed by atoms with Gasteiger partial charge in [0.05, 0.1) is 17.6 Å². The van der Waals surface area contributed by atoms with E-state index in [1.54, 1.807) is 34.9 Å². The number of halogens is 1. The lowest BCUT2D eigenvalue weighted by atomic mass is 10.2. The van der Waals surface area contributed by atoms with Gasteiger partial charge in [0.25, 0.3) is 11.8 Å². The van der Waals surface area contributed by atoms with Crippen LogP contribution < -0.4 is 14.8 Å². The Hall–Kier alpha value is -4.18. The molecule has 0 atom stereocenters. The highest BCUT2D eigenvalue weighted by atomic mass is 79.9. The van der Waals surface area contributed by atoms with Crippen LogP contribution in [0.15, 0.2) is 81.4 Å². The molecular formula is C25H19BrN4O5. The molecule has 0 unspecified atom stereocenters. The standard InChI is InChI=1S/C25H19BrN4O5/c26-18-7-3-1-5-16(18)24(32)27-12-22(31)28-29-23-17-6-2-4-8-19(17)30(25(23)33)13-15-9-10-20-21(11-15)35-14-34-20/h1-11,33H,12-14H2,(H,27,32). The number of carbonyl (C=O) groups excluding carboxylic acids is 2. The van der Waals surface area contributed by atoms with Gasteiger partial charge in [0, 0.05) is 9.86 Å². The van der Waals surface area contributed by atoms with Crippen molar-refractivity contribution in [3.05, 3.63) is 82.3 Å². The van der Waals surface area contributed by atoms with Gasteiger partial charge in [-0.3, -0.25) is 9.59 Å². The number of rotatable bonds is 6.